The van der Waals surface area contributed by atoms with Crippen LogP contribution in [0.1, 0.15) is 25.0 Å². The van der Waals surface area contributed by atoms with Gasteiger partial charge in [-0.05, 0) is 73.1 Å². The van der Waals surface area contributed by atoms with E-state index in [2.05, 4.69) is 147 Å². The van der Waals surface area contributed by atoms with Crippen molar-refractivity contribution in [1.29, 1.82) is 0 Å². The molecule has 0 N–H and O–H groups in total. The average Bonchev–Trinajstić information content (AvgIpc) is 3.36. The number of hydrogen-bond acceptors (Lipinski definition) is 2. The molecule has 0 aliphatic heterocycles. The van der Waals surface area contributed by atoms with Gasteiger partial charge in [0.05, 0.1) is 11.4 Å². The van der Waals surface area contributed by atoms with Crippen molar-refractivity contribution in [2.45, 2.75) is 19.3 Å². The van der Waals surface area contributed by atoms with E-state index in [1.807, 2.05) is 24.3 Å². The highest BCUT2D eigenvalue weighted by atomic mass is 14.9. The molecule has 0 saturated carbocycles. The van der Waals surface area contributed by atoms with Crippen molar-refractivity contribution in [2.24, 2.45) is 0 Å². The summed E-state index contributed by atoms with van der Waals surface area (Å²) in [5.74, 6) is 0.725. The second kappa shape index (κ2) is 10.6. The van der Waals surface area contributed by atoms with Gasteiger partial charge < -0.3 is 0 Å². The Bertz CT molecular complexity index is 2420. The first-order chi connectivity index (χ1) is 23.1. The average molecular weight is 601 g/mol. The minimum Gasteiger partial charge on any atom is -0.228 e. The van der Waals surface area contributed by atoms with Crippen molar-refractivity contribution in [3.63, 3.8) is 0 Å². The maximum absolute atomic E-state index is 5.18. The van der Waals surface area contributed by atoms with Crippen molar-refractivity contribution >= 4 is 21.5 Å². The topological polar surface area (TPSA) is 25.8 Å². The molecule has 0 radical (unpaired) electrons. The van der Waals surface area contributed by atoms with E-state index in [9.17, 15) is 0 Å². The highest BCUT2D eigenvalue weighted by Crippen LogP contribution is 2.54. The van der Waals surface area contributed by atoms with E-state index >= 15 is 0 Å². The molecule has 0 unspecified atom stereocenters. The SMILES string of the molecule is CC1(C)c2cc3ccccc3cc2-c2cccc(-c3ccc(-c4cc(-c5ccccc5)nc(-c5ccccc5)n4)c4ccccc34)c21. The molecule has 2 nitrogen and oxygen atoms in total. The third-order valence-corrected chi connectivity index (χ3v) is 9.86. The lowest BCUT2D eigenvalue weighted by Crippen LogP contribution is -2.16. The second-order valence-electron chi connectivity index (χ2n) is 13.0. The van der Waals surface area contributed by atoms with Gasteiger partial charge in [0.15, 0.2) is 5.82 Å². The zero-order chi connectivity index (χ0) is 31.5. The Hall–Kier alpha value is -5.86. The summed E-state index contributed by atoms with van der Waals surface area (Å²) in [4.78, 5) is 10.2. The monoisotopic (exact) mass is 600 g/mol. The normalized spacial score (nSPS) is 13.1. The summed E-state index contributed by atoms with van der Waals surface area (Å²) in [6, 6.07) is 56.4. The molecule has 0 fully saturated rings. The molecule has 0 amide bonds. The van der Waals surface area contributed by atoms with E-state index in [4.69, 9.17) is 9.97 Å². The van der Waals surface area contributed by atoms with Crippen molar-refractivity contribution < 1.29 is 0 Å². The molecule has 1 aliphatic rings. The standard InChI is InChI=1S/C45H32N2/c1-45(2)40-27-32-19-10-9-18-31(32)26-39(40)38-23-13-22-37(43(38)45)35-24-25-36(34-21-12-11-20-33(34)35)42-28-41(29-14-5-3-6-15-29)46-44(47-42)30-16-7-4-8-17-30/h3-28H,1-2H3. The van der Waals surface area contributed by atoms with Crippen LogP contribution in [0.4, 0.5) is 0 Å². The Morgan fingerprint density at radius 1 is 0.404 bits per heavy atom. The Balaban J connectivity index is 1.25. The van der Waals surface area contributed by atoms with Crippen LogP contribution in [0.5, 0.6) is 0 Å². The lowest BCUT2D eigenvalue weighted by Gasteiger charge is -2.25. The predicted molar refractivity (Wildman–Crippen MR) is 196 cm³/mol. The van der Waals surface area contributed by atoms with Crippen LogP contribution in [-0.2, 0) is 5.41 Å². The molecule has 222 valence electrons. The van der Waals surface area contributed by atoms with Crippen molar-refractivity contribution in [3.8, 4) is 56.2 Å². The number of nitrogens with zero attached hydrogens (tertiary/aromatic N) is 2. The summed E-state index contributed by atoms with van der Waals surface area (Å²) in [5, 5.41) is 4.97. The maximum Gasteiger partial charge on any atom is 0.160 e. The molecular formula is C45H32N2. The summed E-state index contributed by atoms with van der Waals surface area (Å²) in [7, 11) is 0. The van der Waals surface area contributed by atoms with E-state index in [1.54, 1.807) is 0 Å². The van der Waals surface area contributed by atoms with Crippen LogP contribution in [0.15, 0.2) is 158 Å². The first-order valence-electron chi connectivity index (χ1n) is 16.3. The maximum atomic E-state index is 5.18. The Morgan fingerprint density at radius 2 is 0.957 bits per heavy atom. The highest BCUT2D eigenvalue weighted by Gasteiger charge is 2.38. The fourth-order valence-corrected chi connectivity index (χ4v) is 7.61. The molecule has 0 bridgehead atoms. The lowest BCUT2D eigenvalue weighted by atomic mass is 9.78. The van der Waals surface area contributed by atoms with E-state index < -0.39 is 0 Å². The van der Waals surface area contributed by atoms with Crippen LogP contribution < -0.4 is 0 Å². The van der Waals surface area contributed by atoms with Crippen LogP contribution in [0, 0.1) is 0 Å². The number of fused-ring (bicyclic) bond motifs is 5. The molecule has 0 atom stereocenters. The smallest absolute Gasteiger partial charge is 0.160 e. The van der Waals surface area contributed by atoms with Gasteiger partial charge in [-0.25, -0.2) is 9.97 Å². The van der Waals surface area contributed by atoms with Gasteiger partial charge in [-0.15, -0.1) is 0 Å². The molecule has 1 aromatic heterocycles. The molecule has 0 spiro atoms. The lowest BCUT2D eigenvalue weighted by molar-refractivity contribution is 0.663. The third-order valence-electron chi connectivity index (χ3n) is 9.86. The second-order valence-corrected chi connectivity index (χ2v) is 13.0. The summed E-state index contributed by atoms with van der Waals surface area (Å²) in [6.45, 7) is 4.76. The number of benzene rings is 7. The van der Waals surface area contributed by atoms with Gasteiger partial charge in [0, 0.05) is 22.1 Å². The zero-order valence-electron chi connectivity index (χ0n) is 26.4. The minimum absolute atomic E-state index is 0.146. The molecule has 2 heteroatoms. The number of hydrogen-bond donors (Lipinski definition) is 0. The fraction of sp³-hybridized carbons (Fsp3) is 0.0667. The van der Waals surface area contributed by atoms with Gasteiger partial charge in [0.25, 0.3) is 0 Å². The van der Waals surface area contributed by atoms with Crippen molar-refractivity contribution in [2.75, 3.05) is 0 Å². The first-order valence-corrected chi connectivity index (χ1v) is 16.3. The van der Waals surface area contributed by atoms with Crippen molar-refractivity contribution in [3.05, 3.63) is 169 Å². The molecular weight excluding hydrogens is 569 g/mol. The van der Waals surface area contributed by atoms with E-state index in [0.29, 0.717) is 0 Å². The molecule has 1 heterocycles. The van der Waals surface area contributed by atoms with Crippen LogP contribution in [0.25, 0.3) is 77.7 Å². The molecule has 7 aromatic carbocycles. The summed E-state index contributed by atoms with van der Waals surface area (Å²) >= 11 is 0. The highest BCUT2D eigenvalue weighted by molar-refractivity contribution is 6.07. The third kappa shape index (κ3) is 4.40. The minimum atomic E-state index is -0.146. The van der Waals surface area contributed by atoms with Gasteiger partial charge in [-0.2, -0.15) is 0 Å². The fourth-order valence-electron chi connectivity index (χ4n) is 7.61. The molecule has 9 rings (SSSR count). The molecule has 1 aliphatic carbocycles. The number of rotatable bonds is 4. The zero-order valence-corrected chi connectivity index (χ0v) is 26.4. The summed E-state index contributed by atoms with van der Waals surface area (Å²) in [6.07, 6.45) is 0. The Kier molecular flexibility index (Phi) is 6.20. The summed E-state index contributed by atoms with van der Waals surface area (Å²) < 4.78 is 0. The van der Waals surface area contributed by atoms with Gasteiger partial charge in [0.2, 0.25) is 0 Å². The quantitative estimate of drug-likeness (QED) is 0.201. The summed E-state index contributed by atoms with van der Waals surface area (Å²) in [5.41, 5.74) is 12.8. The van der Waals surface area contributed by atoms with E-state index in [1.165, 1.54) is 54.9 Å². The Labute approximate surface area is 275 Å². The van der Waals surface area contributed by atoms with Gasteiger partial charge in [-0.1, -0.05) is 153 Å². The van der Waals surface area contributed by atoms with Gasteiger partial charge in [0.1, 0.15) is 0 Å². The number of aromatic nitrogens is 2. The first kappa shape index (κ1) is 27.5. The van der Waals surface area contributed by atoms with Crippen LogP contribution in [0.2, 0.25) is 0 Å². The largest absolute Gasteiger partial charge is 0.228 e. The van der Waals surface area contributed by atoms with E-state index in [-0.39, 0.29) is 5.41 Å². The molecule has 0 saturated heterocycles. The van der Waals surface area contributed by atoms with Gasteiger partial charge >= 0.3 is 0 Å². The van der Waals surface area contributed by atoms with Crippen LogP contribution in [0.3, 0.4) is 0 Å². The molecule has 47 heavy (non-hydrogen) atoms. The Morgan fingerprint density at radius 3 is 1.68 bits per heavy atom. The predicted octanol–water partition coefficient (Wildman–Crippen LogP) is 11.8. The van der Waals surface area contributed by atoms with E-state index in [0.717, 1.165) is 33.9 Å². The van der Waals surface area contributed by atoms with Gasteiger partial charge in [-0.3, -0.25) is 0 Å². The van der Waals surface area contributed by atoms with Crippen LogP contribution in [-0.4, -0.2) is 9.97 Å². The molecule has 8 aromatic rings. The van der Waals surface area contributed by atoms with Crippen molar-refractivity contribution in [1.82, 2.24) is 9.97 Å². The van der Waals surface area contributed by atoms with Crippen LogP contribution >= 0.6 is 0 Å².